The molecule has 0 heterocycles. The highest BCUT2D eigenvalue weighted by atomic mass is 32.2. The van der Waals surface area contributed by atoms with Crippen LogP contribution in [-0.4, -0.2) is 29.0 Å². The SMILES string of the molecule is CCCCSCCC1CCCC1(NC(C)C)C(N)=O. The summed E-state index contributed by atoms with van der Waals surface area (Å²) in [6.45, 7) is 6.41. The van der Waals surface area contributed by atoms with Gasteiger partial charge in [0.25, 0.3) is 0 Å². The van der Waals surface area contributed by atoms with Gasteiger partial charge in [0.2, 0.25) is 5.91 Å². The molecule has 0 spiro atoms. The van der Waals surface area contributed by atoms with Crippen LogP contribution in [0.1, 0.15) is 59.3 Å². The molecule has 0 aromatic carbocycles. The van der Waals surface area contributed by atoms with E-state index in [1.165, 1.54) is 18.6 Å². The number of thioether (sulfide) groups is 1. The predicted octanol–water partition coefficient (Wildman–Crippen LogP) is 2.93. The second-order valence-corrected chi connectivity index (χ2v) is 7.20. The summed E-state index contributed by atoms with van der Waals surface area (Å²) < 4.78 is 0. The zero-order chi connectivity index (χ0) is 14.3. The lowest BCUT2D eigenvalue weighted by atomic mass is 9.83. The first kappa shape index (κ1) is 16.8. The Labute approximate surface area is 122 Å². The van der Waals surface area contributed by atoms with Gasteiger partial charge in [-0.2, -0.15) is 11.8 Å². The average Bonchev–Trinajstić information content (AvgIpc) is 2.72. The van der Waals surface area contributed by atoms with Crippen LogP contribution in [0.3, 0.4) is 0 Å². The largest absolute Gasteiger partial charge is 0.368 e. The molecule has 0 aromatic heterocycles. The molecule has 3 N–H and O–H groups in total. The van der Waals surface area contributed by atoms with Gasteiger partial charge in [-0.05, 0) is 57.0 Å². The number of unbranched alkanes of at least 4 members (excludes halogenated alkanes) is 1. The highest BCUT2D eigenvalue weighted by Crippen LogP contribution is 2.39. The maximum Gasteiger partial charge on any atom is 0.238 e. The number of carbonyl (C=O) groups excluding carboxylic acids is 1. The Kier molecular flexibility index (Phi) is 7.22. The van der Waals surface area contributed by atoms with Gasteiger partial charge >= 0.3 is 0 Å². The van der Waals surface area contributed by atoms with Crippen molar-refractivity contribution in [3.8, 4) is 0 Å². The molecule has 0 bridgehead atoms. The maximum absolute atomic E-state index is 12.0. The third-order valence-electron chi connectivity index (χ3n) is 4.06. The predicted molar refractivity (Wildman–Crippen MR) is 84.4 cm³/mol. The third-order valence-corrected chi connectivity index (χ3v) is 5.16. The van der Waals surface area contributed by atoms with E-state index in [4.69, 9.17) is 5.73 Å². The minimum absolute atomic E-state index is 0.151. The van der Waals surface area contributed by atoms with Crippen molar-refractivity contribution in [3.05, 3.63) is 0 Å². The molecular weight excluding hydrogens is 256 g/mol. The summed E-state index contributed by atoms with van der Waals surface area (Å²) >= 11 is 2.02. The molecule has 112 valence electrons. The molecule has 1 rings (SSSR count). The van der Waals surface area contributed by atoms with E-state index < -0.39 is 5.54 Å². The quantitative estimate of drug-likeness (QED) is 0.641. The highest BCUT2D eigenvalue weighted by molar-refractivity contribution is 7.99. The van der Waals surface area contributed by atoms with E-state index in [0.717, 1.165) is 31.4 Å². The molecule has 1 amide bonds. The van der Waals surface area contributed by atoms with Crippen molar-refractivity contribution in [2.45, 2.75) is 70.9 Å². The molecule has 1 saturated carbocycles. The Bertz CT molecular complexity index is 283. The summed E-state index contributed by atoms with van der Waals surface area (Å²) in [7, 11) is 0. The summed E-state index contributed by atoms with van der Waals surface area (Å²) in [6.07, 6.45) is 6.82. The highest BCUT2D eigenvalue weighted by Gasteiger charge is 2.47. The van der Waals surface area contributed by atoms with Gasteiger partial charge in [-0.1, -0.05) is 19.8 Å². The van der Waals surface area contributed by atoms with Crippen molar-refractivity contribution in [1.82, 2.24) is 5.32 Å². The number of amides is 1. The Hall–Kier alpha value is -0.220. The molecule has 1 aliphatic rings. The Morgan fingerprint density at radius 2 is 2.21 bits per heavy atom. The molecule has 1 aliphatic carbocycles. The first-order valence-corrected chi connectivity index (χ1v) is 8.83. The van der Waals surface area contributed by atoms with E-state index in [-0.39, 0.29) is 5.91 Å². The molecule has 2 unspecified atom stereocenters. The second kappa shape index (κ2) is 8.15. The van der Waals surface area contributed by atoms with Gasteiger partial charge < -0.3 is 11.1 Å². The minimum atomic E-state index is -0.445. The lowest BCUT2D eigenvalue weighted by molar-refractivity contribution is -0.126. The Morgan fingerprint density at radius 3 is 2.79 bits per heavy atom. The Balaban J connectivity index is 2.51. The van der Waals surface area contributed by atoms with Crippen LogP contribution in [0.2, 0.25) is 0 Å². The number of primary amides is 1. The van der Waals surface area contributed by atoms with Crippen molar-refractivity contribution >= 4 is 17.7 Å². The molecule has 0 aromatic rings. The van der Waals surface area contributed by atoms with Crippen LogP contribution < -0.4 is 11.1 Å². The van der Waals surface area contributed by atoms with E-state index >= 15 is 0 Å². The molecule has 1 fully saturated rings. The maximum atomic E-state index is 12.0. The van der Waals surface area contributed by atoms with E-state index in [1.54, 1.807) is 0 Å². The molecular formula is C15H30N2OS. The van der Waals surface area contributed by atoms with Crippen molar-refractivity contribution in [1.29, 1.82) is 0 Å². The first-order valence-electron chi connectivity index (χ1n) is 7.68. The molecule has 4 heteroatoms. The molecule has 0 radical (unpaired) electrons. The number of nitrogens with two attached hydrogens (primary N) is 1. The smallest absolute Gasteiger partial charge is 0.238 e. The zero-order valence-corrected chi connectivity index (χ0v) is 13.5. The second-order valence-electron chi connectivity index (χ2n) is 5.98. The van der Waals surface area contributed by atoms with Gasteiger partial charge in [0, 0.05) is 6.04 Å². The van der Waals surface area contributed by atoms with E-state index in [2.05, 4.69) is 26.1 Å². The fourth-order valence-corrected chi connectivity index (χ4v) is 4.29. The van der Waals surface area contributed by atoms with Crippen molar-refractivity contribution < 1.29 is 4.79 Å². The summed E-state index contributed by atoms with van der Waals surface area (Å²) in [5.74, 6) is 2.66. The van der Waals surface area contributed by atoms with E-state index in [0.29, 0.717) is 12.0 Å². The number of hydrogen-bond donors (Lipinski definition) is 2. The molecule has 0 saturated heterocycles. The lowest BCUT2D eigenvalue weighted by Gasteiger charge is -2.35. The van der Waals surface area contributed by atoms with Crippen LogP contribution in [0.15, 0.2) is 0 Å². The fraction of sp³-hybridized carbons (Fsp3) is 0.933. The number of carbonyl (C=O) groups is 1. The number of nitrogens with one attached hydrogen (secondary N) is 1. The summed E-state index contributed by atoms with van der Waals surface area (Å²) in [5.41, 5.74) is 5.27. The average molecular weight is 286 g/mol. The normalized spacial score (nSPS) is 27.1. The van der Waals surface area contributed by atoms with Gasteiger partial charge in [0.15, 0.2) is 0 Å². The summed E-state index contributed by atoms with van der Waals surface area (Å²) in [5, 5.41) is 3.47. The van der Waals surface area contributed by atoms with Crippen LogP contribution in [0.5, 0.6) is 0 Å². The molecule has 3 nitrogen and oxygen atoms in total. The Morgan fingerprint density at radius 1 is 1.47 bits per heavy atom. The van der Waals surface area contributed by atoms with Gasteiger partial charge in [-0.15, -0.1) is 0 Å². The fourth-order valence-electron chi connectivity index (χ4n) is 3.14. The van der Waals surface area contributed by atoms with Crippen molar-refractivity contribution in [2.75, 3.05) is 11.5 Å². The number of hydrogen-bond acceptors (Lipinski definition) is 3. The molecule has 2 atom stereocenters. The van der Waals surface area contributed by atoms with Gasteiger partial charge in [0.05, 0.1) is 0 Å². The lowest BCUT2D eigenvalue weighted by Crippen LogP contribution is -2.60. The molecule has 0 aliphatic heterocycles. The minimum Gasteiger partial charge on any atom is -0.368 e. The van der Waals surface area contributed by atoms with E-state index in [9.17, 15) is 4.79 Å². The first-order chi connectivity index (χ1) is 9.03. The van der Waals surface area contributed by atoms with Crippen LogP contribution in [0.25, 0.3) is 0 Å². The monoisotopic (exact) mass is 286 g/mol. The summed E-state index contributed by atoms with van der Waals surface area (Å²) in [6, 6.07) is 0.306. The number of rotatable bonds is 9. The van der Waals surface area contributed by atoms with Crippen LogP contribution in [0, 0.1) is 5.92 Å². The van der Waals surface area contributed by atoms with Crippen molar-refractivity contribution in [2.24, 2.45) is 11.7 Å². The van der Waals surface area contributed by atoms with Gasteiger partial charge in [0.1, 0.15) is 5.54 Å². The van der Waals surface area contributed by atoms with Crippen LogP contribution >= 0.6 is 11.8 Å². The van der Waals surface area contributed by atoms with Gasteiger partial charge in [-0.3, -0.25) is 4.79 Å². The van der Waals surface area contributed by atoms with Gasteiger partial charge in [-0.25, -0.2) is 0 Å². The zero-order valence-electron chi connectivity index (χ0n) is 12.7. The summed E-state index contributed by atoms with van der Waals surface area (Å²) in [4.78, 5) is 12.0. The molecule has 19 heavy (non-hydrogen) atoms. The van der Waals surface area contributed by atoms with Crippen molar-refractivity contribution in [3.63, 3.8) is 0 Å². The van der Waals surface area contributed by atoms with Crippen LogP contribution in [-0.2, 0) is 4.79 Å². The van der Waals surface area contributed by atoms with Crippen LogP contribution in [0.4, 0.5) is 0 Å². The third kappa shape index (κ3) is 4.67. The van der Waals surface area contributed by atoms with E-state index in [1.807, 2.05) is 11.8 Å². The topological polar surface area (TPSA) is 55.1 Å². The standard InChI is InChI=1S/C15H30N2OS/c1-4-5-10-19-11-8-13-7-6-9-15(13,14(16)18)17-12(2)3/h12-13,17H,4-11H2,1-3H3,(H2,16,18).